The van der Waals surface area contributed by atoms with Gasteiger partial charge in [0.25, 0.3) is 5.91 Å². The molecule has 2 aromatic heterocycles. The fourth-order valence-corrected chi connectivity index (χ4v) is 6.33. The molecular formula is C20H16ClN3O2S3. The lowest BCUT2D eigenvalue weighted by atomic mass is 9.96. The molecule has 1 aliphatic rings. The highest BCUT2D eigenvalue weighted by Crippen LogP contribution is 2.38. The number of halogens is 1. The van der Waals surface area contributed by atoms with Gasteiger partial charge in [0.1, 0.15) is 21.7 Å². The summed E-state index contributed by atoms with van der Waals surface area (Å²) in [6.07, 6.45) is 4.12. The molecule has 0 bridgehead atoms. The largest absolute Gasteiger partial charge is 0.497 e. The van der Waals surface area contributed by atoms with Crippen molar-refractivity contribution in [1.29, 1.82) is 5.26 Å². The molecule has 0 fully saturated rings. The summed E-state index contributed by atoms with van der Waals surface area (Å²) in [5.74, 6) is 0.317. The van der Waals surface area contributed by atoms with E-state index < -0.39 is 0 Å². The molecule has 1 aromatic carbocycles. The van der Waals surface area contributed by atoms with E-state index >= 15 is 0 Å². The number of hydrogen-bond acceptors (Lipinski definition) is 6. The second-order valence-corrected chi connectivity index (χ2v) is 9.49. The number of benzene rings is 1. The predicted octanol–water partition coefficient (Wildman–Crippen LogP) is 5.50. The lowest BCUT2D eigenvalue weighted by Crippen LogP contribution is -2.33. The summed E-state index contributed by atoms with van der Waals surface area (Å²) >= 11 is 14.5. The zero-order chi connectivity index (χ0) is 20.5. The highest BCUT2D eigenvalue weighted by atomic mass is 35.5. The maximum absolute atomic E-state index is 12.7. The number of carbonyl (C=O) groups excluding carboxylic acids is 1. The molecule has 0 unspecified atom stereocenters. The Morgan fingerprint density at radius 1 is 1.31 bits per heavy atom. The van der Waals surface area contributed by atoms with Crippen LogP contribution in [-0.4, -0.2) is 18.1 Å². The van der Waals surface area contributed by atoms with Gasteiger partial charge in [0.15, 0.2) is 5.11 Å². The number of ether oxygens (including phenoxy) is 1. The standard InChI is InChI=1S/C20H16ClN3O2S3/c1-26-10-6-7-12-15(8-10)28-17(16(12)21)18(25)23-20(27)24-19-13(9-22)11-4-2-3-5-14(11)29-19/h6-8H,2-5H2,1H3,(H2,23,24,25,27). The number of carbonyl (C=O) groups is 1. The first kappa shape index (κ1) is 20.1. The summed E-state index contributed by atoms with van der Waals surface area (Å²) in [6, 6.07) is 7.75. The molecule has 29 heavy (non-hydrogen) atoms. The van der Waals surface area contributed by atoms with Gasteiger partial charge in [-0.1, -0.05) is 11.6 Å². The van der Waals surface area contributed by atoms with Crippen LogP contribution < -0.4 is 15.4 Å². The van der Waals surface area contributed by atoms with E-state index in [9.17, 15) is 10.1 Å². The van der Waals surface area contributed by atoms with Gasteiger partial charge >= 0.3 is 0 Å². The van der Waals surface area contributed by atoms with Crippen molar-refractivity contribution >= 4 is 72.6 Å². The van der Waals surface area contributed by atoms with Crippen molar-refractivity contribution in [2.75, 3.05) is 12.4 Å². The monoisotopic (exact) mass is 461 g/mol. The molecule has 2 heterocycles. The smallest absolute Gasteiger partial charge is 0.269 e. The molecule has 5 nitrogen and oxygen atoms in total. The van der Waals surface area contributed by atoms with Crippen LogP contribution in [0.5, 0.6) is 5.75 Å². The quantitative estimate of drug-likeness (QED) is 0.503. The van der Waals surface area contributed by atoms with Crippen LogP contribution in [0.3, 0.4) is 0 Å². The number of anilines is 1. The first-order valence-electron chi connectivity index (χ1n) is 8.94. The molecule has 0 saturated carbocycles. The lowest BCUT2D eigenvalue weighted by molar-refractivity contribution is 0.0982. The first-order valence-corrected chi connectivity index (χ1v) is 11.4. The fraction of sp³-hybridized carbons (Fsp3) is 0.250. The van der Waals surface area contributed by atoms with E-state index in [4.69, 9.17) is 28.6 Å². The molecular weight excluding hydrogens is 446 g/mol. The number of nitrogens with one attached hydrogen (secondary N) is 2. The second kappa shape index (κ2) is 8.28. The molecule has 4 rings (SSSR count). The molecule has 2 N–H and O–H groups in total. The molecule has 1 aliphatic carbocycles. The molecule has 3 aromatic rings. The van der Waals surface area contributed by atoms with E-state index in [2.05, 4.69) is 16.7 Å². The van der Waals surface area contributed by atoms with E-state index in [1.165, 1.54) is 27.6 Å². The Morgan fingerprint density at radius 2 is 2.10 bits per heavy atom. The minimum absolute atomic E-state index is 0.149. The average molecular weight is 462 g/mol. The van der Waals surface area contributed by atoms with Crippen LogP contribution in [0, 0.1) is 11.3 Å². The Bertz CT molecular complexity index is 1180. The van der Waals surface area contributed by atoms with Gasteiger partial charge in [-0.15, -0.1) is 22.7 Å². The fourth-order valence-electron chi connectivity index (χ4n) is 3.38. The number of thiophene rings is 2. The summed E-state index contributed by atoms with van der Waals surface area (Å²) in [4.78, 5) is 14.3. The number of amides is 1. The number of thiocarbonyl (C=S) groups is 1. The number of hydrogen-bond donors (Lipinski definition) is 2. The third-order valence-corrected chi connectivity index (χ3v) is 7.85. The van der Waals surface area contributed by atoms with Gasteiger partial charge in [-0.05, 0) is 61.7 Å². The summed E-state index contributed by atoms with van der Waals surface area (Å²) in [5.41, 5.74) is 1.75. The molecule has 9 heteroatoms. The number of nitrogens with zero attached hydrogens (tertiary/aromatic N) is 1. The normalized spacial score (nSPS) is 12.9. The van der Waals surface area contributed by atoms with Crippen LogP contribution in [0.15, 0.2) is 18.2 Å². The van der Waals surface area contributed by atoms with Gasteiger partial charge in [0.05, 0.1) is 17.7 Å². The Balaban J connectivity index is 1.53. The van der Waals surface area contributed by atoms with Gasteiger partial charge in [0.2, 0.25) is 0 Å². The third-order valence-electron chi connectivity index (χ3n) is 4.78. The van der Waals surface area contributed by atoms with Crippen LogP contribution >= 0.6 is 46.5 Å². The number of rotatable bonds is 3. The number of methoxy groups -OCH3 is 1. The predicted molar refractivity (Wildman–Crippen MR) is 123 cm³/mol. The molecule has 0 radical (unpaired) electrons. The number of fused-ring (bicyclic) bond motifs is 2. The first-order chi connectivity index (χ1) is 14.0. The number of nitriles is 1. The highest BCUT2D eigenvalue weighted by molar-refractivity contribution is 7.80. The number of aryl methyl sites for hydroxylation is 1. The zero-order valence-corrected chi connectivity index (χ0v) is 18.6. The summed E-state index contributed by atoms with van der Waals surface area (Å²) in [6.45, 7) is 0. The van der Waals surface area contributed by atoms with Gasteiger partial charge in [-0.25, -0.2) is 0 Å². The second-order valence-electron chi connectivity index (χ2n) is 6.54. The molecule has 148 valence electrons. The Hall–Kier alpha value is -2.18. The minimum Gasteiger partial charge on any atom is -0.497 e. The SMILES string of the molecule is COc1ccc2c(Cl)c(C(=O)NC(=S)Nc3sc4c(c3C#N)CCCC4)sc2c1. The molecule has 1 amide bonds. The Kier molecular flexibility index (Phi) is 5.74. The van der Waals surface area contributed by atoms with E-state index in [1.54, 1.807) is 13.2 Å². The van der Waals surface area contributed by atoms with Crippen LogP contribution in [0.2, 0.25) is 5.02 Å². The topological polar surface area (TPSA) is 74.2 Å². The van der Waals surface area contributed by atoms with Crippen LogP contribution in [-0.2, 0) is 12.8 Å². The van der Waals surface area contributed by atoms with E-state index in [1.807, 2.05) is 12.1 Å². The van der Waals surface area contributed by atoms with Crippen molar-refractivity contribution in [2.45, 2.75) is 25.7 Å². The van der Waals surface area contributed by atoms with E-state index in [-0.39, 0.29) is 11.0 Å². The highest BCUT2D eigenvalue weighted by Gasteiger charge is 2.23. The van der Waals surface area contributed by atoms with Crippen molar-refractivity contribution in [3.05, 3.63) is 44.1 Å². The van der Waals surface area contributed by atoms with Crippen molar-refractivity contribution < 1.29 is 9.53 Å². The van der Waals surface area contributed by atoms with Gasteiger partial charge in [-0.2, -0.15) is 5.26 Å². The third kappa shape index (κ3) is 3.83. The minimum atomic E-state index is -0.382. The lowest BCUT2D eigenvalue weighted by Gasteiger charge is -2.09. The van der Waals surface area contributed by atoms with E-state index in [0.29, 0.717) is 26.2 Å². The molecule has 0 spiro atoms. The summed E-state index contributed by atoms with van der Waals surface area (Å²) in [5, 5.41) is 17.3. The van der Waals surface area contributed by atoms with Gasteiger partial charge in [-0.3, -0.25) is 10.1 Å². The van der Waals surface area contributed by atoms with E-state index in [0.717, 1.165) is 41.3 Å². The van der Waals surface area contributed by atoms with Gasteiger partial charge < -0.3 is 10.1 Å². The average Bonchev–Trinajstić information content (AvgIpc) is 3.24. The van der Waals surface area contributed by atoms with Crippen LogP contribution in [0.4, 0.5) is 5.00 Å². The summed E-state index contributed by atoms with van der Waals surface area (Å²) < 4.78 is 6.08. The molecule has 0 atom stereocenters. The van der Waals surface area contributed by atoms with Crippen LogP contribution in [0.1, 0.15) is 38.5 Å². The molecule has 0 aliphatic heterocycles. The van der Waals surface area contributed by atoms with Gasteiger partial charge in [0, 0.05) is 15.0 Å². The zero-order valence-electron chi connectivity index (χ0n) is 15.4. The van der Waals surface area contributed by atoms with Crippen molar-refractivity contribution in [2.24, 2.45) is 0 Å². The Morgan fingerprint density at radius 3 is 2.86 bits per heavy atom. The van der Waals surface area contributed by atoms with Crippen molar-refractivity contribution in [1.82, 2.24) is 5.32 Å². The molecule has 0 saturated heterocycles. The summed E-state index contributed by atoms with van der Waals surface area (Å²) in [7, 11) is 1.59. The van der Waals surface area contributed by atoms with Crippen LogP contribution in [0.25, 0.3) is 10.1 Å². The Labute approximate surface area is 186 Å². The van der Waals surface area contributed by atoms with Crippen molar-refractivity contribution in [3.8, 4) is 11.8 Å². The van der Waals surface area contributed by atoms with Crippen molar-refractivity contribution in [3.63, 3.8) is 0 Å². The maximum Gasteiger partial charge on any atom is 0.269 e. The maximum atomic E-state index is 12.7.